The van der Waals surface area contributed by atoms with E-state index in [0.717, 1.165) is 22.3 Å². The number of hydrogen-bond acceptors (Lipinski definition) is 6. The molecule has 0 bridgehead atoms. The van der Waals surface area contributed by atoms with Crippen molar-refractivity contribution in [3.63, 3.8) is 0 Å². The molecule has 2 heterocycles. The van der Waals surface area contributed by atoms with E-state index in [4.69, 9.17) is 4.42 Å². The van der Waals surface area contributed by atoms with Gasteiger partial charge in [0, 0.05) is 31.1 Å². The highest BCUT2D eigenvalue weighted by molar-refractivity contribution is 5.82. The Kier molecular flexibility index (Phi) is 6.75. The summed E-state index contributed by atoms with van der Waals surface area (Å²) < 4.78 is 35.1. The summed E-state index contributed by atoms with van der Waals surface area (Å²) in [5, 5.41) is 26.4. The minimum atomic E-state index is -1.59. The summed E-state index contributed by atoms with van der Waals surface area (Å²) in [6.07, 6.45) is 1.29. The number of aromatic nitrogens is 2. The van der Waals surface area contributed by atoms with Gasteiger partial charge in [-0.25, -0.2) is 8.78 Å². The fraction of sp³-hybridized carbons (Fsp3) is 0.267. The molecule has 1 aromatic heterocycles. The number of hydrogen-bond donors (Lipinski definition) is 0. The largest absolute Gasteiger partial charge is 0.423 e. The van der Waals surface area contributed by atoms with Crippen LogP contribution in [0.25, 0.3) is 22.6 Å². The second-order valence-corrected chi connectivity index (χ2v) is 10.2. The smallest absolute Gasteiger partial charge is 0.248 e. The molecule has 38 heavy (non-hydrogen) atoms. The van der Waals surface area contributed by atoms with Crippen LogP contribution in [0.3, 0.4) is 0 Å². The van der Waals surface area contributed by atoms with E-state index in [2.05, 4.69) is 21.2 Å². The molecule has 0 radical (unpaired) electrons. The lowest BCUT2D eigenvalue weighted by atomic mass is 9.72. The van der Waals surface area contributed by atoms with Crippen molar-refractivity contribution in [1.82, 2.24) is 15.1 Å². The van der Waals surface area contributed by atoms with Gasteiger partial charge in [-0.2, -0.15) is 10.5 Å². The molecule has 3 aromatic carbocycles. The van der Waals surface area contributed by atoms with Crippen molar-refractivity contribution in [2.45, 2.75) is 32.0 Å². The zero-order chi connectivity index (χ0) is 26.9. The van der Waals surface area contributed by atoms with E-state index >= 15 is 4.39 Å². The average Bonchev–Trinajstić information content (AvgIpc) is 3.41. The van der Waals surface area contributed by atoms with Gasteiger partial charge in [-0.05, 0) is 78.4 Å². The highest BCUT2D eigenvalue weighted by Crippen LogP contribution is 2.43. The first-order valence-corrected chi connectivity index (χ1v) is 12.3. The maximum Gasteiger partial charge on any atom is 0.248 e. The Labute approximate surface area is 219 Å². The lowest BCUT2D eigenvalue weighted by Crippen LogP contribution is -2.52. The molecular weight excluding hydrogens is 484 g/mol. The molecule has 5 rings (SSSR count). The fourth-order valence-electron chi connectivity index (χ4n) is 5.53. The van der Waals surface area contributed by atoms with Crippen molar-refractivity contribution in [3.05, 3.63) is 95.1 Å². The molecule has 0 unspecified atom stereocenters. The molecule has 1 aliphatic heterocycles. The molecule has 4 aromatic rings. The van der Waals surface area contributed by atoms with Gasteiger partial charge in [0.15, 0.2) is 0 Å². The van der Waals surface area contributed by atoms with Crippen LogP contribution >= 0.6 is 0 Å². The molecule has 190 valence electrons. The van der Waals surface area contributed by atoms with Crippen molar-refractivity contribution >= 4 is 0 Å². The van der Waals surface area contributed by atoms with Gasteiger partial charge in [0.1, 0.15) is 11.5 Å². The number of nitrogens with zero attached hydrogens (tertiary/aromatic N) is 5. The van der Waals surface area contributed by atoms with Gasteiger partial charge in [-0.15, -0.1) is 10.2 Å². The minimum absolute atomic E-state index is 0.0409. The highest BCUT2D eigenvalue weighted by atomic mass is 19.1. The molecule has 1 aliphatic rings. The first-order valence-electron chi connectivity index (χ1n) is 12.3. The van der Waals surface area contributed by atoms with Crippen LogP contribution in [0.2, 0.25) is 0 Å². The molecule has 1 fully saturated rings. The van der Waals surface area contributed by atoms with Gasteiger partial charge in [-0.3, -0.25) is 4.90 Å². The average molecular weight is 510 g/mol. The lowest BCUT2D eigenvalue weighted by molar-refractivity contribution is 0.0213. The van der Waals surface area contributed by atoms with E-state index < -0.39 is 17.4 Å². The van der Waals surface area contributed by atoms with E-state index in [-0.39, 0.29) is 11.5 Å². The molecule has 1 atom stereocenters. The van der Waals surface area contributed by atoms with Crippen LogP contribution in [-0.4, -0.2) is 33.9 Å². The summed E-state index contributed by atoms with van der Waals surface area (Å²) >= 11 is 0. The van der Waals surface area contributed by atoms with Crippen LogP contribution in [-0.2, 0) is 6.54 Å². The summed E-state index contributed by atoms with van der Waals surface area (Å²) in [4.78, 5) is 2.22. The fourth-order valence-corrected chi connectivity index (χ4v) is 5.53. The lowest BCUT2D eigenvalue weighted by Gasteiger charge is -2.47. The van der Waals surface area contributed by atoms with Crippen LogP contribution in [0, 0.1) is 34.4 Å². The maximum absolute atomic E-state index is 15.4. The van der Waals surface area contributed by atoms with Crippen LogP contribution in [0.1, 0.15) is 42.0 Å². The normalized spacial score (nSPS) is 14.9. The molecule has 1 saturated heterocycles. The second-order valence-electron chi connectivity index (χ2n) is 10.2. The number of rotatable bonds is 7. The van der Waals surface area contributed by atoms with E-state index in [1.807, 2.05) is 36.4 Å². The Morgan fingerprint density at radius 1 is 1.05 bits per heavy atom. The highest BCUT2D eigenvalue weighted by Gasteiger charge is 2.43. The van der Waals surface area contributed by atoms with Gasteiger partial charge in [0.25, 0.3) is 0 Å². The minimum Gasteiger partial charge on any atom is -0.423 e. The van der Waals surface area contributed by atoms with Gasteiger partial charge in [-0.1, -0.05) is 24.3 Å². The summed E-state index contributed by atoms with van der Waals surface area (Å²) in [6.45, 7) is 4.85. The Morgan fingerprint density at radius 3 is 2.42 bits per heavy atom. The zero-order valence-electron chi connectivity index (χ0n) is 21.0. The molecule has 0 spiro atoms. The third-order valence-electron chi connectivity index (χ3n) is 7.04. The Bertz CT molecular complexity index is 1520. The molecule has 0 amide bonds. The molecule has 8 heteroatoms. The molecule has 6 nitrogen and oxygen atoms in total. The van der Waals surface area contributed by atoms with Crippen LogP contribution in [0.4, 0.5) is 8.78 Å². The van der Waals surface area contributed by atoms with Crippen molar-refractivity contribution in [2.75, 3.05) is 13.1 Å². The maximum atomic E-state index is 15.4. The van der Waals surface area contributed by atoms with Crippen LogP contribution < -0.4 is 0 Å². The predicted octanol–water partition coefficient (Wildman–Crippen LogP) is 6.25. The van der Waals surface area contributed by atoms with Gasteiger partial charge in [0.2, 0.25) is 12.3 Å². The summed E-state index contributed by atoms with van der Waals surface area (Å²) in [6, 6.07) is 21.4. The van der Waals surface area contributed by atoms with Crippen LogP contribution in [0.15, 0.2) is 71.5 Å². The number of alkyl halides is 1. The number of halogens is 2. The monoisotopic (exact) mass is 509 g/mol. The first-order chi connectivity index (χ1) is 18.3. The van der Waals surface area contributed by atoms with Gasteiger partial charge < -0.3 is 4.42 Å². The number of likely N-dealkylation sites (tertiary alicyclic amines) is 1. The van der Waals surface area contributed by atoms with E-state index in [1.165, 1.54) is 32.4 Å². The summed E-state index contributed by atoms with van der Waals surface area (Å²) in [7, 11) is 0. The standard InChI is InChI=1S/C30H25F2N5O/c1-30(2,32)28(23-10-20(14-34)11-25(31)12-23)24-16-37(17-24)15-22-4-3-5-26(29-36-35-18-38-29)27(22)21-8-6-19(13-33)7-9-21/h3-12,18,24,28H,15-17H2,1-2H3/t28-/m1/s1. The summed E-state index contributed by atoms with van der Waals surface area (Å²) in [5.74, 6) is -0.731. The molecule has 0 aliphatic carbocycles. The van der Waals surface area contributed by atoms with Crippen molar-refractivity contribution < 1.29 is 13.2 Å². The van der Waals surface area contributed by atoms with E-state index in [1.54, 1.807) is 18.2 Å². The SMILES string of the molecule is CC(C)(F)[C@H](c1cc(F)cc(C#N)c1)C1CN(Cc2cccc(-c3nnco3)c2-c2ccc(C#N)cc2)C1. The predicted molar refractivity (Wildman–Crippen MR) is 138 cm³/mol. The second kappa shape index (κ2) is 10.2. The third-order valence-corrected chi connectivity index (χ3v) is 7.04. The Morgan fingerprint density at radius 2 is 1.79 bits per heavy atom. The van der Waals surface area contributed by atoms with Crippen molar-refractivity contribution in [1.29, 1.82) is 10.5 Å². The van der Waals surface area contributed by atoms with Crippen molar-refractivity contribution in [3.8, 4) is 34.7 Å². The molecular formula is C30H25F2N5O. The third kappa shape index (κ3) is 5.04. The van der Waals surface area contributed by atoms with E-state index in [9.17, 15) is 14.9 Å². The zero-order valence-corrected chi connectivity index (χ0v) is 21.0. The molecule has 0 saturated carbocycles. The van der Waals surface area contributed by atoms with Gasteiger partial charge >= 0.3 is 0 Å². The van der Waals surface area contributed by atoms with Crippen molar-refractivity contribution in [2.24, 2.45) is 5.92 Å². The van der Waals surface area contributed by atoms with Crippen LogP contribution in [0.5, 0.6) is 0 Å². The summed E-state index contributed by atoms with van der Waals surface area (Å²) in [5.41, 5.74) is 3.32. The Balaban J connectivity index is 1.43. The topological polar surface area (TPSA) is 89.7 Å². The Hall–Kier alpha value is -4.40. The number of nitriles is 2. The van der Waals surface area contributed by atoms with Gasteiger partial charge in [0.05, 0.1) is 23.3 Å². The van der Waals surface area contributed by atoms with E-state index in [0.29, 0.717) is 36.7 Å². The quantitative estimate of drug-likeness (QED) is 0.293. The first kappa shape index (κ1) is 25.3. The number of benzene rings is 3. The molecule has 0 N–H and O–H groups in total.